The Labute approximate surface area is 174 Å². The molecule has 0 radical (unpaired) electrons. The van der Waals surface area contributed by atoms with Crippen molar-refractivity contribution in [2.45, 2.75) is 20.8 Å². The molecule has 0 fully saturated rings. The topological polar surface area (TPSA) is 64.6 Å². The quantitative estimate of drug-likeness (QED) is 0.548. The van der Waals surface area contributed by atoms with Crippen molar-refractivity contribution in [1.29, 1.82) is 0 Å². The van der Waals surface area contributed by atoms with Crippen molar-refractivity contribution in [1.82, 2.24) is 0 Å². The van der Waals surface area contributed by atoms with E-state index in [2.05, 4.69) is 5.32 Å². The molecule has 3 rings (SSSR count). The van der Waals surface area contributed by atoms with Crippen LogP contribution in [0.25, 0.3) is 11.1 Å². The minimum atomic E-state index is -0.495. The van der Waals surface area contributed by atoms with Crippen molar-refractivity contribution in [3.05, 3.63) is 70.1 Å². The minimum absolute atomic E-state index is 0.265. The standard InChI is InChI=1S/C23H23NO4S/c1-5-28-18-10-8-16(9-11-18)19-13-29-22(20(19)23(26)27-4)24-21(25)17-7-6-14(2)15(3)12-17/h6-13H,5H2,1-4H3,(H,24,25). The zero-order valence-corrected chi connectivity index (χ0v) is 17.7. The maximum atomic E-state index is 12.7. The molecule has 0 bridgehead atoms. The fourth-order valence-electron chi connectivity index (χ4n) is 2.92. The molecule has 150 valence electrons. The van der Waals surface area contributed by atoms with Crippen LogP contribution >= 0.6 is 11.3 Å². The second-order valence-corrected chi connectivity index (χ2v) is 7.44. The molecule has 0 aliphatic heterocycles. The lowest BCUT2D eigenvalue weighted by molar-refractivity contribution is 0.0603. The summed E-state index contributed by atoms with van der Waals surface area (Å²) in [5, 5.41) is 5.17. The number of carbonyl (C=O) groups excluding carboxylic acids is 2. The summed E-state index contributed by atoms with van der Waals surface area (Å²) >= 11 is 1.30. The monoisotopic (exact) mass is 409 g/mol. The van der Waals surface area contributed by atoms with Gasteiger partial charge < -0.3 is 14.8 Å². The molecule has 2 aromatic carbocycles. The summed E-state index contributed by atoms with van der Waals surface area (Å²) in [6, 6.07) is 13.0. The third-order valence-corrected chi connectivity index (χ3v) is 5.55. The van der Waals surface area contributed by atoms with Gasteiger partial charge in [-0.1, -0.05) is 18.2 Å². The highest BCUT2D eigenvalue weighted by Crippen LogP contribution is 2.37. The second-order valence-electron chi connectivity index (χ2n) is 6.56. The Bertz CT molecular complexity index is 1040. The first-order valence-electron chi connectivity index (χ1n) is 9.26. The average Bonchev–Trinajstić information content (AvgIpc) is 3.13. The van der Waals surface area contributed by atoms with Crippen molar-refractivity contribution in [2.24, 2.45) is 0 Å². The van der Waals surface area contributed by atoms with Crippen LogP contribution in [-0.2, 0) is 4.74 Å². The average molecular weight is 410 g/mol. The van der Waals surface area contributed by atoms with Crippen LogP contribution in [-0.4, -0.2) is 25.6 Å². The van der Waals surface area contributed by atoms with E-state index in [9.17, 15) is 9.59 Å². The number of carbonyl (C=O) groups is 2. The van der Waals surface area contributed by atoms with E-state index in [-0.39, 0.29) is 5.91 Å². The maximum absolute atomic E-state index is 12.7. The van der Waals surface area contributed by atoms with Crippen molar-refractivity contribution in [3.63, 3.8) is 0 Å². The predicted octanol–water partition coefficient (Wildman–Crippen LogP) is 5.47. The van der Waals surface area contributed by atoms with Gasteiger partial charge in [0.05, 0.1) is 13.7 Å². The Balaban J connectivity index is 1.94. The molecule has 1 heterocycles. The lowest BCUT2D eigenvalue weighted by Crippen LogP contribution is -2.14. The SMILES string of the molecule is CCOc1ccc(-c2csc(NC(=O)c3ccc(C)c(C)c3)c2C(=O)OC)cc1. The van der Waals surface area contributed by atoms with Crippen LogP contribution in [0.2, 0.25) is 0 Å². The summed E-state index contributed by atoms with van der Waals surface area (Å²) < 4.78 is 10.4. The van der Waals surface area contributed by atoms with E-state index in [0.29, 0.717) is 28.3 Å². The Morgan fingerprint density at radius 1 is 1.03 bits per heavy atom. The lowest BCUT2D eigenvalue weighted by Gasteiger charge is -2.09. The minimum Gasteiger partial charge on any atom is -0.494 e. The van der Waals surface area contributed by atoms with Crippen LogP contribution in [0.3, 0.4) is 0 Å². The van der Waals surface area contributed by atoms with Crippen LogP contribution in [0.1, 0.15) is 38.8 Å². The number of thiophene rings is 1. The van der Waals surface area contributed by atoms with Gasteiger partial charge in [0.15, 0.2) is 0 Å². The van der Waals surface area contributed by atoms with Gasteiger partial charge >= 0.3 is 5.97 Å². The highest BCUT2D eigenvalue weighted by molar-refractivity contribution is 7.15. The number of amides is 1. The number of rotatable bonds is 6. The number of aryl methyl sites for hydroxylation is 2. The Morgan fingerprint density at radius 2 is 1.76 bits per heavy atom. The molecule has 0 atom stereocenters. The number of benzene rings is 2. The van der Waals surface area contributed by atoms with Gasteiger partial charge in [0.1, 0.15) is 16.3 Å². The van der Waals surface area contributed by atoms with Crippen LogP contribution < -0.4 is 10.1 Å². The van der Waals surface area contributed by atoms with Gasteiger partial charge in [0.25, 0.3) is 5.91 Å². The number of esters is 1. The van der Waals surface area contributed by atoms with Gasteiger partial charge in [-0.3, -0.25) is 4.79 Å². The van der Waals surface area contributed by atoms with E-state index in [1.807, 2.05) is 62.5 Å². The number of nitrogens with one attached hydrogen (secondary N) is 1. The molecule has 1 amide bonds. The smallest absolute Gasteiger partial charge is 0.341 e. The van der Waals surface area contributed by atoms with E-state index >= 15 is 0 Å². The molecule has 1 aromatic heterocycles. The molecule has 3 aromatic rings. The third-order valence-electron chi connectivity index (χ3n) is 4.65. The Kier molecular flexibility index (Phi) is 6.34. The summed E-state index contributed by atoms with van der Waals surface area (Å²) in [6.45, 7) is 6.46. The molecule has 0 unspecified atom stereocenters. The van der Waals surface area contributed by atoms with Crippen LogP contribution in [0.4, 0.5) is 5.00 Å². The van der Waals surface area contributed by atoms with E-state index < -0.39 is 5.97 Å². The van der Waals surface area contributed by atoms with Gasteiger partial charge in [-0.05, 0) is 61.7 Å². The normalized spacial score (nSPS) is 10.5. The molecule has 0 aliphatic carbocycles. The molecular formula is C23H23NO4S. The van der Waals surface area contributed by atoms with Crippen LogP contribution in [0.5, 0.6) is 5.75 Å². The molecule has 29 heavy (non-hydrogen) atoms. The molecule has 0 spiro atoms. The fraction of sp³-hybridized carbons (Fsp3) is 0.217. The van der Waals surface area contributed by atoms with E-state index in [1.165, 1.54) is 18.4 Å². The second kappa shape index (κ2) is 8.92. The van der Waals surface area contributed by atoms with Crippen molar-refractivity contribution < 1.29 is 19.1 Å². The van der Waals surface area contributed by atoms with Crippen molar-refractivity contribution in [2.75, 3.05) is 19.0 Å². The number of methoxy groups -OCH3 is 1. The molecule has 1 N–H and O–H groups in total. The van der Waals surface area contributed by atoms with E-state index in [0.717, 1.165) is 22.4 Å². The van der Waals surface area contributed by atoms with E-state index in [4.69, 9.17) is 9.47 Å². The molecular weight excluding hydrogens is 386 g/mol. The molecule has 0 aliphatic rings. The van der Waals surface area contributed by atoms with Gasteiger partial charge in [0, 0.05) is 16.5 Å². The summed E-state index contributed by atoms with van der Waals surface area (Å²) in [7, 11) is 1.33. The summed E-state index contributed by atoms with van der Waals surface area (Å²) in [4.78, 5) is 25.2. The lowest BCUT2D eigenvalue weighted by atomic mass is 10.0. The van der Waals surface area contributed by atoms with Crippen molar-refractivity contribution >= 4 is 28.2 Å². The van der Waals surface area contributed by atoms with Gasteiger partial charge in [-0.25, -0.2) is 4.79 Å². The maximum Gasteiger partial charge on any atom is 0.341 e. The highest BCUT2D eigenvalue weighted by Gasteiger charge is 2.23. The number of hydrogen-bond acceptors (Lipinski definition) is 5. The number of ether oxygens (including phenoxy) is 2. The molecule has 0 saturated carbocycles. The molecule has 0 saturated heterocycles. The van der Waals surface area contributed by atoms with Crippen molar-refractivity contribution in [3.8, 4) is 16.9 Å². The van der Waals surface area contributed by atoms with Gasteiger partial charge in [0.2, 0.25) is 0 Å². The van der Waals surface area contributed by atoms with Gasteiger partial charge in [-0.15, -0.1) is 11.3 Å². The first kappa shape index (κ1) is 20.6. The van der Waals surface area contributed by atoms with E-state index in [1.54, 1.807) is 6.07 Å². The summed E-state index contributed by atoms with van der Waals surface area (Å²) in [5.41, 5.74) is 4.59. The first-order valence-corrected chi connectivity index (χ1v) is 10.1. The Morgan fingerprint density at radius 3 is 2.38 bits per heavy atom. The largest absolute Gasteiger partial charge is 0.494 e. The summed E-state index contributed by atoms with van der Waals surface area (Å²) in [5.74, 6) is -0.00164. The zero-order valence-electron chi connectivity index (χ0n) is 16.9. The molecule has 5 nitrogen and oxygen atoms in total. The predicted molar refractivity (Wildman–Crippen MR) is 116 cm³/mol. The third kappa shape index (κ3) is 4.49. The van der Waals surface area contributed by atoms with Gasteiger partial charge in [-0.2, -0.15) is 0 Å². The fourth-order valence-corrected chi connectivity index (χ4v) is 3.87. The Hall–Kier alpha value is -3.12. The number of anilines is 1. The zero-order chi connectivity index (χ0) is 21.0. The highest BCUT2D eigenvalue weighted by atomic mass is 32.1. The summed E-state index contributed by atoms with van der Waals surface area (Å²) in [6.07, 6.45) is 0. The molecule has 6 heteroatoms. The number of hydrogen-bond donors (Lipinski definition) is 1. The van der Waals surface area contributed by atoms with Crippen LogP contribution in [0, 0.1) is 13.8 Å². The van der Waals surface area contributed by atoms with Crippen LogP contribution in [0.15, 0.2) is 47.8 Å². The first-order chi connectivity index (χ1) is 13.9.